The Labute approximate surface area is 102 Å². The molecule has 0 atom stereocenters. The van der Waals surface area contributed by atoms with Crippen LogP contribution in [0.2, 0.25) is 0 Å². The zero-order valence-corrected chi connectivity index (χ0v) is 11.2. The Hall–Kier alpha value is -1.10. The van der Waals surface area contributed by atoms with Gasteiger partial charge < -0.3 is 12.4 Å². The molecule has 0 spiro atoms. The number of nitrogens with zero attached hydrogens (tertiary/aromatic N) is 4. The first-order valence-corrected chi connectivity index (χ1v) is 5.11. The predicted molar refractivity (Wildman–Crippen MR) is 56.7 cm³/mol. The van der Waals surface area contributed by atoms with Crippen molar-refractivity contribution in [2.75, 3.05) is 5.01 Å². The van der Waals surface area contributed by atoms with Crippen LogP contribution in [0.15, 0.2) is 12.7 Å². The monoisotopic (exact) mass is 246 g/mol. The molecule has 1 heterocycles. The molecule has 0 bridgehead atoms. The summed E-state index contributed by atoms with van der Waals surface area (Å²) in [5, 5.41) is 5.81. The Balaban J connectivity index is 0.00000225. The Kier molecular flexibility index (Phi) is 4.93. The minimum atomic E-state index is -0.252. The van der Waals surface area contributed by atoms with E-state index in [9.17, 15) is 4.79 Å². The molecule has 0 fully saturated rings. The number of hydrogen-bond acceptors (Lipinski definition) is 2. The maximum absolute atomic E-state index is 11.6. The molecule has 0 unspecified atom stereocenters. The maximum Gasteiger partial charge on any atom is 0.290 e. The lowest BCUT2D eigenvalue weighted by Gasteiger charge is -2.29. The first-order valence-electron chi connectivity index (χ1n) is 5.11. The fraction of sp³-hybridized carbons (Fsp3) is 0.700. The van der Waals surface area contributed by atoms with E-state index in [-0.39, 0.29) is 23.9 Å². The van der Waals surface area contributed by atoms with Crippen molar-refractivity contribution in [3.8, 4) is 0 Å². The Morgan fingerprint density at radius 2 is 2.06 bits per heavy atom. The molecule has 0 saturated carbocycles. The molecular weight excluding hydrogens is 228 g/mol. The highest BCUT2D eigenvalue weighted by molar-refractivity contribution is 5.84. The van der Waals surface area contributed by atoms with E-state index in [2.05, 4.69) is 5.10 Å². The fourth-order valence-electron chi connectivity index (χ4n) is 1.56. The van der Waals surface area contributed by atoms with Gasteiger partial charge in [0.15, 0.2) is 0 Å². The summed E-state index contributed by atoms with van der Waals surface area (Å²) in [7, 11) is 0. The summed E-state index contributed by atoms with van der Waals surface area (Å²) in [6, 6.07) is 0. The smallest absolute Gasteiger partial charge is 0.290 e. The summed E-state index contributed by atoms with van der Waals surface area (Å²) >= 11 is 0. The Morgan fingerprint density at radius 1 is 1.50 bits per heavy atom. The molecule has 16 heavy (non-hydrogen) atoms. The lowest BCUT2D eigenvalue weighted by atomic mass is 10.1. The van der Waals surface area contributed by atoms with Gasteiger partial charge in [0, 0.05) is 6.92 Å². The lowest BCUT2D eigenvalue weighted by Crippen LogP contribution is -3.00. The highest BCUT2D eigenvalue weighted by atomic mass is 35.5. The standard InChI is InChI=1S/C10H19N4O.ClH/c1-6-12-8-13(7-11-12)14(9(2)15)10(3,4)5;/h7-8H,6H2,1-5H3;1H/q+1;/p-1. The minimum Gasteiger partial charge on any atom is -1.00 e. The number of hydrogen-bond donors (Lipinski definition) is 0. The second kappa shape index (κ2) is 5.30. The number of halogens is 1. The zero-order chi connectivity index (χ0) is 11.6. The van der Waals surface area contributed by atoms with Crippen molar-refractivity contribution in [2.45, 2.75) is 46.7 Å². The van der Waals surface area contributed by atoms with E-state index in [0.717, 1.165) is 6.54 Å². The first-order chi connectivity index (χ1) is 6.86. The molecule has 0 aliphatic carbocycles. The van der Waals surface area contributed by atoms with Gasteiger partial charge in [-0.15, -0.1) is 9.36 Å². The number of rotatable bonds is 2. The maximum atomic E-state index is 11.6. The van der Waals surface area contributed by atoms with E-state index < -0.39 is 0 Å². The summed E-state index contributed by atoms with van der Waals surface area (Å²) in [5.74, 6) is 0.00292. The molecular formula is C10H19ClN4O. The molecule has 0 saturated heterocycles. The molecule has 0 aromatic carbocycles. The van der Waals surface area contributed by atoms with Crippen LogP contribution in [0.5, 0.6) is 0 Å². The average molecular weight is 247 g/mol. The number of aryl methyl sites for hydroxylation is 1. The van der Waals surface area contributed by atoms with Gasteiger partial charge in [-0.1, -0.05) is 0 Å². The molecule has 5 nitrogen and oxygen atoms in total. The van der Waals surface area contributed by atoms with Gasteiger partial charge in [-0.25, -0.2) is 0 Å². The normalized spacial score (nSPS) is 10.8. The molecule has 1 rings (SSSR count). The van der Waals surface area contributed by atoms with Gasteiger partial charge in [0.05, 0.1) is 5.54 Å². The van der Waals surface area contributed by atoms with Crippen molar-refractivity contribution in [3.05, 3.63) is 12.7 Å². The van der Waals surface area contributed by atoms with Crippen LogP contribution in [0.1, 0.15) is 34.6 Å². The minimum absolute atomic E-state index is 0. The van der Waals surface area contributed by atoms with Crippen LogP contribution in [0, 0.1) is 0 Å². The fourth-order valence-corrected chi connectivity index (χ4v) is 1.56. The van der Waals surface area contributed by atoms with E-state index in [0.29, 0.717) is 0 Å². The quantitative estimate of drug-likeness (QED) is 0.541. The average Bonchev–Trinajstić information content (AvgIpc) is 2.49. The zero-order valence-electron chi connectivity index (χ0n) is 10.4. The highest BCUT2D eigenvalue weighted by Crippen LogP contribution is 2.11. The third-order valence-corrected chi connectivity index (χ3v) is 2.06. The second-order valence-electron chi connectivity index (χ2n) is 4.48. The number of carbonyl (C=O) groups excluding carboxylic acids is 1. The van der Waals surface area contributed by atoms with Gasteiger partial charge in [-0.3, -0.25) is 4.79 Å². The van der Waals surface area contributed by atoms with Gasteiger partial charge in [0.25, 0.3) is 12.2 Å². The van der Waals surface area contributed by atoms with Crippen molar-refractivity contribution >= 4 is 5.91 Å². The summed E-state index contributed by atoms with van der Waals surface area (Å²) in [4.78, 5) is 11.6. The topological polar surface area (TPSA) is 42.0 Å². The molecule has 92 valence electrons. The lowest BCUT2D eigenvalue weighted by molar-refractivity contribution is -0.748. The number of amides is 1. The summed E-state index contributed by atoms with van der Waals surface area (Å²) in [6.07, 6.45) is 3.46. The van der Waals surface area contributed by atoms with Crippen LogP contribution in [0.4, 0.5) is 0 Å². The van der Waals surface area contributed by atoms with Crippen molar-refractivity contribution in [2.24, 2.45) is 0 Å². The largest absolute Gasteiger partial charge is 1.00 e. The van der Waals surface area contributed by atoms with E-state index in [1.165, 1.54) is 0 Å². The number of aromatic nitrogens is 3. The van der Waals surface area contributed by atoms with E-state index in [1.807, 2.05) is 34.0 Å². The van der Waals surface area contributed by atoms with Gasteiger partial charge in [0.1, 0.15) is 6.54 Å². The van der Waals surface area contributed by atoms with Gasteiger partial charge in [-0.05, 0) is 32.8 Å². The van der Waals surface area contributed by atoms with E-state index in [4.69, 9.17) is 0 Å². The third-order valence-electron chi connectivity index (χ3n) is 2.06. The van der Waals surface area contributed by atoms with Crippen LogP contribution in [0.3, 0.4) is 0 Å². The molecule has 0 N–H and O–H groups in total. The summed E-state index contributed by atoms with van der Waals surface area (Å²) < 4.78 is 3.51. The molecule has 0 aliphatic heterocycles. The summed E-state index contributed by atoms with van der Waals surface area (Å²) in [6.45, 7) is 10.3. The second-order valence-corrected chi connectivity index (χ2v) is 4.48. The van der Waals surface area contributed by atoms with Gasteiger partial charge in [-0.2, -0.15) is 5.01 Å². The Bertz CT molecular complexity index is 356. The van der Waals surface area contributed by atoms with Crippen LogP contribution in [0.25, 0.3) is 0 Å². The summed E-state index contributed by atoms with van der Waals surface area (Å²) in [5.41, 5.74) is -0.252. The van der Waals surface area contributed by atoms with Crippen LogP contribution >= 0.6 is 0 Å². The third kappa shape index (κ3) is 3.20. The van der Waals surface area contributed by atoms with Crippen LogP contribution in [-0.4, -0.2) is 21.2 Å². The van der Waals surface area contributed by atoms with Crippen LogP contribution in [-0.2, 0) is 11.3 Å². The first kappa shape index (κ1) is 14.9. The SMILES string of the molecule is CC[n+]1cn(N(C(C)=O)C(C)(C)C)cn1.[Cl-]. The number of carbonyl (C=O) groups is 1. The molecule has 1 aromatic rings. The molecule has 1 aromatic heterocycles. The molecule has 6 heteroatoms. The van der Waals surface area contributed by atoms with Crippen molar-refractivity contribution in [1.82, 2.24) is 9.77 Å². The molecule has 1 amide bonds. The van der Waals surface area contributed by atoms with E-state index in [1.54, 1.807) is 27.6 Å². The van der Waals surface area contributed by atoms with Crippen molar-refractivity contribution in [3.63, 3.8) is 0 Å². The highest BCUT2D eigenvalue weighted by Gasteiger charge is 2.30. The Morgan fingerprint density at radius 3 is 2.38 bits per heavy atom. The predicted octanol–water partition coefficient (Wildman–Crippen LogP) is -2.52. The van der Waals surface area contributed by atoms with Crippen LogP contribution < -0.4 is 22.1 Å². The van der Waals surface area contributed by atoms with Crippen molar-refractivity contribution in [1.29, 1.82) is 0 Å². The van der Waals surface area contributed by atoms with Gasteiger partial charge >= 0.3 is 0 Å². The molecule has 0 radical (unpaired) electrons. The van der Waals surface area contributed by atoms with Gasteiger partial charge in [0.2, 0.25) is 6.33 Å². The molecule has 0 aliphatic rings. The van der Waals surface area contributed by atoms with E-state index >= 15 is 0 Å². The van der Waals surface area contributed by atoms with Crippen molar-refractivity contribution < 1.29 is 21.9 Å².